The minimum absolute atomic E-state index is 0.0466. The third-order valence-electron chi connectivity index (χ3n) is 2.50. The van der Waals surface area contributed by atoms with Crippen molar-refractivity contribution >= 4 is 23.2 Å². The Morgan fingerprint density at radius 1 is 1.16 bits per heavy atom. The van der Waals surface area contributed by atoms with Crippen LogP contribution >= 0.6 is 11.3 Å². The number of carbonyl (C=O) groups is 2. The van der Waals surface area contributed by atoms with Gasteiger partial charge in [-0.1, -0.05) is 18.2 Å². The van der Waals surface area contributed by atoms with E-state index in [9.17, 15) is 14.7 Å². The van der Waals surface area contributed by atoms with Crippen LogP contribution in [-0.4, -0.2) is 22.1 Å². The van der Waals surface area contributed by atoms with Crippen molar-refractivity contribution in [1.82, 2.24) is 5.32 Å². The second kappa shape index (κ2) is 5.53. The summed E-state index contributed by atoms with van der Waals surface area (Å²) in [4.78, 5) is 23.6. The van der Waals surface area contributed by atoms with Crippen LogP contribution in [0.2, 0.25) is 0 Å². The highest BCUT2D eigenvalue weighted by molar-refractivity contribution is 7.10. The Bertz CT molecular complexity index is 594. The molecule has 2 aromatic rings. The summed E-state index contributed by atoms with van der Waals surface area (Å²) < 4.78 is 0. The average molecular weight is 277 g/mol. The van der Waals surface area contributed by atoms with Crippen LogP contribution in [0.5, 0.6) is 5.75 Å². The zero-order valence-electron chi connectivity index (χ0n) is 9.74. The van der Waals surface area contributed by atoms with E-state index in [-0.39, 0.29) is 11.3 Å². The number of nitrogens with one attached hydrogen (secondary N) is 1. The molecule has 2 rings (SSSR count). The molecule has 0 aliphatic heterocycles. The van der Waals surface area contributed by atoms with Crippen LogP contribution in [0.4, 0.5) is 0 Å². The lowest BCUT2D eigenvalue weighted by molar-refractivity contribution is -0.139. The second-order valence-electron chi connectivity index (χ2n) is 3.78. The summed E-state index contributed by atoms with van der Waals surface area (Å²) in [6.07, 6.45) is 0. The van der Waals surface area contributed by atoms with Gasteiger partial charge in [-0.2, -0.15) is 0 Å². The molecule has 1 heterocycles. The highest BCUT2D eigenvalue weighted by Crippen LogP contribution is 2.21. The number of carbonyl (C=O) groups excluding carboxylic acids is 1. The predicted octanol–water partition coefficient (Wildman–Crippen LogP) is 2.01. The predicted molar refractivity (Wildman–Crippen MR) is 70.3 cm³/mol. The van der Waals surface area contributed by atoms with Crippen molar-refractivity contribution in [1.29, 1.82) is 0 Å². The molecule has 0 bridgehead atoms. The fourth-order valence-corrected chi connectivity index (χ4v) is 2.35. The molecule has 5 nitrogen and oxygen atoms in total. The van der Waals surface area contributed by atoms with Crippen molar-refractivity contribution in [3.05, 3.63) is 52.2 Å². The van der Waals surface area contributed by atoms with Gasteiger partial charge < -0.3 is 15.5 Å². The molecule has 1 unspecified atom stereocenters. The van der Waals surface area contributed by atoms with Crippen LogP contribution in [0.1, 0.15) is 21.3 Å². The Morgan fingerprint density at radius 3 is 2.47 bits per heavy atom. The van der Waals surface area contributed by atoms with E-state index in [4.69, 9.17) is 5.11 Å². The molecular weight excluding hydrogens is 266 g/mol. The lowest BCUT2D eigenvalue weighted by Crippen LogP contribution is -2.33. The smallest absolute Gasteiger partial charge is 0.331 e. The van der Waals surface area contributed by atoms with Gasteiger partial charge in [-0.3, -0.25) is 4.79 Å². The first-order chi connectivity index (χ1) is 9.09. The monoisotopic (exact) mass is 277 g/mol. The highest BCUT2D eigenvalue weighted by atomic mass is 32.1. The molecule has 6 heteroatoms. The molecule has 1 amide bonds. The van der Waals surface area contributed by atoms with Gasteiger partial charge in [0.1, 0.15) is 5.75 Å². The van der Waals surface area contributed by atoms with Gasteiger partial charge in [-0.15, -0.1) is 11.3 Å². The minimum Gasteiger partial charge on any atom is -0.507 e. The van der Waals surface area contributed by atoms with Gasteiger partial charge >= 0.3 is 5.97 Å². The summed E-state index contributed by atoms with van der Waals surface area (Å²) in [6.45, 7) is 0. The normalized spacial score (nSPS) is 11.8. The molecule has 98 valence electrons. The lowest BCUT2D eigenvalue weighted by atomic mass is 10.1. The number of para-hydroxylation sites is 1. The molecule has 19 heavy (non-hydrogen) atoms. The largest absolute Gasteiger partial charge is 0.507 e. The maximum absolute atomic E-state index is 11.9. The highest BCUT2D eigenvalue weighted by Gasteiger charge is 2.24. The molecule has 0 spiro atoms. The number of aromatic hydroxyl groups is 1. The Hall–Kier alpha value is -2.34. The number of benzene rings is 1. The Morgan fingerprint density at radius 2 is 1.89 bits per heavy atom. The van der Waals surface area contributed by atoms with E-state index in [0.29, 0.717) is 4.88 Å². The van der Waals surface area contributed by atoms with Gasteiger partial charge in [0.05, 0.1) is 5.56 Å². The molecular formula is C13H11NO4S. The van der Waals surface area contributed by atoms with Crippen LogP contribution in [0.25, 0.3) is 0 Å². The van der Waals surface area contributed by atoms with Crippen LogP contribution in [0, 0.1) is 0 Å². The van der Waals surface area contributed by atoms with E-state index in [0.717, 1.165) is 0 Å². The number of rotatable bonds is 4. The van der Waals surface area contributed by atoms with Gasteiger partial charge in [0.2, 0.25) is 0 Å². The first-order valence-electron chi connectivity index (χ1n) is 5.44. The molecule has 0 saturated heterocycles. The SMILES string of the molecule is O=C(NC(C(=O)O)c1cccs1)c1ccccc1O. The summed E-state index contributed by atoms with van der Waals surface area (Å²) in [5.41, 5.74) is 0.0466. The summed E-state index contributed by atoms with van der Waals surface area (Å²) >= 11 is 1.24. The molecule has 0 saturated carbocycles. The number of hydrogen-bond donors (Lipinski definition) is 3. The zero-order chi connectivity index (χ0) is 13.8. The van der Waals surface area contributed by atoms with Gasteiger partial charge in [0.25, 0.3) is 5.91 Å². The summed E-state index contributed by atoms with van der Waals surface area (Å²) in [7, 11) is 0. The minimum atomic E-state index is -1.15. The van der Waals surface area contributed by atoms with E-state index < -0.39 is 17.9 Å². The molecule has 0 radical (unpaired) electrons. The van der Waals surface area contributed by atoms with Crippen molar-refractivity contribution in [3.8, 4) is 5.75 Å². The quantitative estimate of drug-likeness (QED) is 0.798. The third-order valence-corrected chi connectivity index (χ3v) is 3.44. The van der Waals surface area contributed by atoms with Crippen molar-refractivity contribution in [2.24, 2.45) is 0 Å². The number of amides is 1. The first kappa shape index (κ1) is 13.1. The van der Waals surface area contributed by atoms with Crippen molar-refractivity contribution in [3.63, 3.8) is 0 Å². The van der Waals surface area contributed by atoms with E-state index >= 15 is 0 Å². The number of carboxylic acid groups (broad SMARTS) is 1. The van der Waals surface area contributed by atoms with E-state index in [2.05, 4.69) is 5.32 Å². The molecule has 0 fully saturated rings. The number of carboxylic acids is 1. The summed E-state index contributed by atoms with van der Waals surface area (Å²) in [5, 5.41) is 22.8. The van der Waals surface area contributed by atoms with E-state index in [1.807, 2.05) is 0 Å². The molecule has 1 atom stereocenters. The number of hydrogen-bond acceptors (Lipinski definition) is 4. The van der Waals surface area contributed by atoms with Crippen molar-refractivity contribution in [2.45, 2.75) is 6.04 Å². The number of phenols is 1. The van der Waals surface area contributed by atoms with Gasteiger partial charge in [0.15, 0.2) is 6.04 Å². The molecule has 1 aromatic carbocycles. The van der Waals surface area contributed by atoms with E-state index in [1.165, 1.54) is 23.5 Å². The maximum Gasteiger partial charge on any atom is 0.331 e. The number of thiophene rings is 1. The molecule has 0 aliphatic carbocycles. The first-order valence-corrected chi connectivity index (χ1v) is 6.32. The summed E-state index contributed by atoms with van der Waals surface area (Å²) in [5.74, 6) is -1.96. The standard InChI is InChI=1S/C13H11NO4S/c15-9-5-2-1-4-8(9)12(16)14-11(13(17)18)10-6-3-7-19-10/h1-7,11,15H,(H,14,16)(H,17,18). The zero-order valence-corrected chi connectivity index (χ0v) is 10.6. The fraction of sp³-hybridized carbons (Fsp3) is 0.0769. The van der Waals surface area contributed by atoms with Crippen LogP contribution in [0.3, 0.4) is 0 Å². The van der Waals surface area contributed by atoms with Gasteiger partial charge in [-0.25, -0.2) is 4.79 Å². The van der Waals surface area contributed by atoms with Crippen LogP contribution in [0.15, 0.2) is 41.8 Å². The van der Waals surface area contributed by atoms with Crippen molar-refractivity contribution in [2.75, 3.05) is 0 Å². The topological polar surface area (TPSA) is 86.6 Å². The number of phenolic OH excluding ortho intramolecular Hbond substituents is 1. The Kier molecular flexibility index (Phi) is 3.82. The van der Waals surface area contributed by atoms with E-state index in [1.54, 1.807) is 29.6 Å². The van der Waals surface area contributed by atoms with Gasteiger partial charge in [0, 0.05) is 4.88 Å². The Labute approximate surface area is 113 Å². The molecule has 1 aromatic heterocycles. The maximum atomic E-state index is 11.9. The van der Waals surface area contributed by atoms with Crippen molar-refractivity contribution < 1.29 is 19.8 Å². The Balaban J connectivity index is 2.21. The average Bonchev–Trinajstić information content (AvgIpc) is 2.89. The number of aliphatic carboxylic acids is 1. The third kappa shape index (κ3) is 2.92. The molecule has 3 N–H and O–H groups in total. The van der Waals surface area contributed by atoms with Crippen LogP contribution in [-0.2, 0) is 4.79 Å². The lowest BCUT2D eigenvalue weighted by Gasteiger charge is -2.13. The summed E-state index contributed by atoms with van der Waals surface area (Å²) in [6, 6.07) is 8.20. The molecule has 0 aliphatic rings. The van der Waals surface area contributed by atoms with Gasteiger partial charge in [-0.05, 0) is 23.6 Å². The second-order valence-corrected chi connectivity index (χ2v) is 4.76. The fourth-order valence-electron chi connectivity index (χ4n) is 1.58. The van der Waals surface area contributed by atoms with Crippen LogP contribution < -0.4 is 5.32 Å².